The van der Waals surface area contributed by atoms with Gasteiger partial charge >= 0.3 is 12.3 Å². The Morgan fingerprint density at radius 1 is 1.14 bits per heavy atom. The second-order valence-corrected chi connectivity index (χ2v) is 6.28. The Morgan fingerprint density at radius 2 is 1.68 bits per heavy atom. The van der Waals surface area contributed by atoms with Gasteiger partial charge in [-0.25, -0.2) is 4.79 Å². The Hall–Kier alpha value is -1.72. The fourth-order valence-electron chi connectivity index (χ4n) is 3.68. The molecule has 0 atom stereocenters. The quantitative estimate of drug-likeness (QED) is 0.892. The van der Waals surface area contributed by atoms with Crippen molar-refractivity contribution >= 4 is 6.09 Å². The highest BCUT2D eigenvalue weighted by Gasteiger charge is 2.51. The minimum atomic E-state index is -4.30. The van der Waals surface area contributed by atoms with E-state index in [9.17, 15) is 18.0 Å². The molecule has 1 aliphatic carbocycles. The first-order valence-corrected chi connectivity index (χ1v) is 7.48. The van der Waals surface area contributed by atoms with E-state index in [0.29, 0.717) is 19.0 Å². The Labute approximate surface area is 126 Å². The van der Waals surface area contributed by atoms with Crippen molar-refractivity contribution in [3.8, 4) is 0 Å². The number of benzene rings is 1. The van der Waals surface area contributed by atoms with E-state index in [1.807, 2.05) is 0 Å². The molecular weight excluding hydrogens is 295 g/mol. The highest BCUT2D eigenvalue weighted by molar-refractivity contribution is 5.65. The summed E-state index contributed by atoms with van der Waals surface area (Å²) in [6.07, 6.45) is -1.66. The number of nitrogens with zero attached hydrogens (tertiary/aromatic N) is 1. The molecular formula is C16H18F3NO2. The number of piperidine rings is 1. The van der Waals surface area contributed by atoms with Gasteiger partial charge in [-0.2, -0.15) is 13.2 Å². The first-order valence-electron chi connectivity index (χ1n) is 7.48. The van der Waals surface area contributed by atoms with E-state index in [1.165, 1.54) is 4.90 Å². The van der Waals surface area contributed by atoms with Crippen molar-refractivity contribution in [2.45, 2.75) is 37.3 Å². The molecule has 2 aliphatic rings. The van der Waals surface area contributed by atoms with Crippen LogP contribution in [0.5, 0.6) is 0 Å². The number of alkyl halides is 3. The molecule has 0 radical (unpaired) electrons. The van der Waals surface area contributed by atoms with Crippen molar-refractivity contribution in [2.24, 2.45) is 5.92 Å². The number of rotatable bonds is 2. The third-order valence-electron chi connectivity index (χ3n) is 5.12. The predicted octanol–water partition coefficient (Wildman–Crippen LogP) is 4.13. The molecule has 1 aromatic rings. The molecule has 0 aromatic heterocycles. The molecule has 0 bridgehead atoms. The van der Waals surface area contributed by atoms with E-state index in [4.69, 9.17) is 5.11 Å². The molecule has 2 fully saturated rings. The molecule has 1 saturated carbocycles. The standard InChI is InChI=1S/C16H18F3NO2/c17-16(18,19)13-3-1-11(2-4-13)15(7-8-15)12-5-9-20(10-6-12)14(21)22/h1-4,12H,5-10H2,(H,21,22). The van der Waals surface area contributed by atoms with Crippen LogP contribution in [0, 0.1) is 5.92 Å². The van der Waals surface area contributed by atoms with Gasteiger partial charge in [0.05, 0.1) is 5.56 Å². The van der Waals surface area contributed by atoms with Gasteiger partial charge in [0.15, 0.2) is 0 Å². The number of hydrogen-bond donors (Lipinski definition) is 1. The lowest BCUT2D eigenvalue weighted by atomic mass is 9.77. The van der Waals surface area contributed by atoms with Gasteiger partial charge < -0.3 is 10.0 Å². The summed E-state index contributed by atoms with van der Waals surface area (Å²) in [7, 11) is 0. The topological polar surface area (TPSA) is 40.5 Å². The smallest absolute Gasteiger partial charge is 0.416 e. The van der Waals surface area contributed by atoms with Gasteiger partial charge in [-0.3, -0.25) is 0 Å². The van der Waals surface area contributed by atoms with Gasteiger partial charge in [-0.1, -0.05) is 12.1 Å². The van der Waals surface area contributed by atoms with E-state index in [-0.39, 0.29) is 5.41 Å². The molecule has 1 aliphatic heterocycles. The van der Waals surface area contributed by atoms with Gasteiger partial charge in [-0.15, -0.1) is 0 Å². The lowest BCUT2D eigenvalue weighted by molar-refractivity contribution is -0.137. The summed E-state index contributed by atoms with van der Waals surface area (Å²) >= 11 is 0. The zero-order chi connectivity index (χ0) is 16.0. The van der Waals surface area contributed by atoms with Crippen LogP contribution in [0.15, 0.2) is 24.3 Å². The normalized spacial score (nSPS) is 21.7. The largest absolute Gasteiger partial charge is 0.465 e. The van der Waals surface area contributed by atoms with Crippen LogP contribution in [-0.2, 0) is 11.6 Å². The molecule has 1 aromatic carbocycles. The zero-order valence-electron chi connectivity index (χ0n) is 12.1. The first-order chi connectivity index (χ1) is 10.3. The molecule has 1 saturated heterocycles. The van der Waals surface area contributed by atoms with E-state index >= 15 is 0 Å². The highest BCUT2D eigenvalue weighted by Crippen LogP contribution is 2.56. The van der Waals surface area contributed by atoms with E-state index in [2.05, 4.69) is 0 Å². The summed E-state index contributed by atoms with van der Waals surface area (Å²) in [5, 5.41) is 8.99. The van der Waals surface area contributed by atoms with Gasteiger partial charge in [0.1, 0.15) is 0 Å². The van der Waals surface area contributed by atoms with E-state index < -0.39 is 17.8 Å². The molecule has 1 amide bonds. The first kappa shape index (κ1) is 15.2. The van der Waals surface area contributed by atoms with Crippen LogP contribution in [0.1, 0.15) is 36.8 Å². The van der Waals surface area contributed by atoms with Crippen molar-refractivity contribution in [3.05, 3.63) is 35.4 Å². The number of amides is 1. The van der Waals surface area contributed by atoms with Gasteiger partial charge in [-0.05, 0) is 54.7 Å². The van der Waals surface area contributed by atoms with Crippen molar-refractivity contribution in [1.82, 2.24) is 4.90 Å². The molecule has 1 N–H and O–H groups in total. The van der Waals surface area contributed by atoms with Gasteiger partial charge in [0, 0.05) is 13.1 Å². The average molecular weight is 313 g/mol. The molecule has 0 spiro atoms. The van der Waals surface area contributed by atoms with Crippen LogP contribution in [0.2, 0.25) is 0 Å². The van der Waals surface area contributed by atoms with Crippen molar-refractivity contribution in [1.29, 1.82) is 0 Å². The van der Waals surface area contributed by atoms with E-state index in [1.54, 1.807) is 12.1 Å². The number of carboxylic acid groups (broad SMARTS) is 1. The molecule has 22 heavy (non-hydrogen) atoms. The van der Waals surface area contributed by atoms with Crippen LogP contribution in [-0.4, -0.2) is 29.2 Å². The highest BCUT2D eigenvalue weighted by atomic mass is 19.4. The average Bonchev–Trinajstić information content (AvgIpc) is 3.28. The predicted molar refractivity (Wildman–Crippen MR) is 74.7 cm³/mol. The summed E-state index contributed by atoms with van der Waals surface area (Å²) in [5.41, 5.74) is 0.316. The molecule has 120 valence electrons. The van der Waals surface area contributed by atoms with Crippen LogP contribution < -0.4 is 0 Å². The molecule has 1 heterocycles. The molecule has 0 unspecified atom stereocenters. The SMILES string of the molecule is O=C(O)N1CCC(C2(c3ccc(C(F)(F)F)cc3)CC2)CC1. The lowest BCUT2D eigenvalue weighted by Crippen LogP contribution is -2.40. The number of halogens is 3. The summed E-state index contributed by atoms with van der Waals surface area (Å²) < 4.78 is 37.9. The summed E-state index contributed by atoms with van der Waals surface area (Å²) in [6, 6.07) is 5.50. The molecule has 3 nitrogen and oxygen atoms in total. The monoisotopic (exact) mass is 313 g/mol. The Morgan fingerprint density at radius 3 is 2.09 bits per heavy atom. The van der Waals surface area contributed by atoms with Crippen molar-refractivity contribution < 1.29 is 23.1 Å². The Kier molecular flexibility index (Phi) is 3.57. The van der Waals surface area contributed by atoms with Gasteiger partial charge in [0.2, 0.25) is 0 Å². The summed E-state index contributed by atoms with van der Waals surface area (Å²) in [4.78, 5) is 12.4. The fraction of sp³-hybridized carbons (Fsp3) is 0.562. The third-order valence-corrected chi connectivity index (χ3v) is 5.12. The maximum atomic E-state index is 12.6. The Bertz CT molecular complexity index is 556. The lowest BCUT2D eigenvalue weighted by Gasteiger charge is -2.35. The number of hydrogen-bond acceptors (Lipinski definition) is 1. The van der Waals surface area contributed by atoms with Crippen molar-refractivity contribution in [2.75, 3.05) is 13.1 Å². The zero-order valence-corrected chi connectivity index (χ0v) is 12.1. The second kappa shape index (κ2) is 5.18. The van der Waals surface area contributed by atoms with Crippen LogP contribution in [0.25, 0.3) is 0 Å². The van der Waals surface area contributed by atoms with Crippen LogP contribution in [0.4, 0.5) is 18.0 Å². The minimum Gasteiger partial charge on any atom is -0.465 e. The molecule has 6 heteroatoms. The number of carbonyl (C=O) groups is 1. The van der Waals surface area contributed by atoms with Crippen LogP contribution in [0.3, 0.4) is 0 Å². The van der Waals surface area contributed by atoms with E-state index in [0.717, 1.165) is 43.4 Å². The molecule has 3 rings (SSSR count). The Balaban J connectivity index is 1.73. The second-order valence-electron chi connectivity index (χ2n) is 6.28. The third kappa shape index (κ3) is 2.66. The van der Waals surface area contributed by atoms with Crippen molar-refractivity contribution in [3.63, 3.8) is 0 Å². The van der Waals surface area contributed by atoms with Crippen LogP contribution >= 0.6 is 0 Å². The maximum Gasteiger partial charge on any atom is 0.416 e. The maximum absolute atomic E-state index is 12.6. The fourth-order valence-corrected chi connectivity index (χ4v) is 3.68. The minimum absolute atomic E-state index is 0.0330. The van der Waals surface area contributed by atoms with Gasteiger partial charge in [0.25, 0.3) is 0 Å². The summed E-state index contributed by atoms with van der Waals surface area (Å²) in [5.74, 6) is 0.361. The summed E-state index contributed by atoms with van der Waals surface area (Å²) in [6.45, 7) is 1.03. The number of likely N-dealkylation sites (tertiary alicyclic amines) is 1.